The normalized spacial score (nSPS) is 12.2. The van der Waals surface area contributed by atoms with Gasteiger partial charge in [0.2, 0.25) is 10.0 Å². The Bertz CT molecular complexity index is 1020. The minimum atomic E-state index is -3.57. The van der Waals surface area contributed by atoms with Gasteiger partial charge in [0.05, 0.1) is 22.5 Å². The molecule has 0 saturated heterocycles. The van der Waals surface area contributed by atoms with Gasteiger partial charge in [0.25, 0.3) is 0 Å². The zero-order valence-electron chi connectivity index (χ0n) is 15.0. The molecule has 25 heavy (non-hydrogen) atoms. The first kappa shape index (κ1) is 17.6. The minimum absolute atomic E-state index is 0.234. The molecule has 0 aliphatic carbocycles. The van der Waals surface area contributed by atoms with Crippen molar-refractivity contribution in [3.05, 3.63) is 59.4 Å². The number of aryl methyl sites for hydroxylation is 3. The molecule has 3 rings (SSSR count). The van der Waals surface area contributed by atoms with Crippen LogP contribution in [0.5, 0.6) is 0 Å². The molecule has 0 spiro atoms. The zero-order valence-corrected chi connectivity index (χ0v) is 15.8. The quantitative estimate of drug-likeness (QED) is 0.702. The summed E-state index contributed by atoms with van der Waals surface area (Å²) in [6.45, 7) is 6.80. The van der Waals surface area contributed by atoms with Crippen LogP contribution in [0.15, 0.2) is 47.4 Å². The second-order valence-electron chi connectivity index (χ2n) is 6.29. The lowest BCUT2D eigenvalue weighted by atomic mass is 10.2. The first-order chi connectivity index (χ1) is 11.8. The van der Waals surface area contributed by atoms with Crippen molar-refractivity contribution in [2.24, 2.45) is 0 Å². The second-order valence-corrected chi connectivity index (χ2v) is 8.30. The zero-order chi connectivity index (χ0) is 18.2. The van der Waals surface area contributed by atoms with Gasteiger partial charge in [-0.25, -0.2) is 13.4 Å². The lowest BCUT2D eigenvalue weighted by molar-refractivity contribution is 0.448. The molecule has 0 unspecified atom stereocenters. The highest BCUT2D eigenvalue weighted by atomic mass is 32.2. The summed E-state index contributed by atoms with van der Waals surface area (Å²) in [7, 11) is -1.96. The number of nitrogens with zero attached hydrogens (tertiary/aromatic N) is 3. The number of hydrogen-bond donors (Lipinski definition) is 0. The smallest absolute Gasteiger partial charge is 0.243 e. The predicted molar refractivity (Wildman–Crippen MR) is 100.0 cm³/mol. The van der Waals surface area contributed by atoms with Gasteiger partial charge < -0.3 is 4.57 Å². The van der Waals surface area contributed by atoms with Gasteiger partial charge in [-0.05, 0) is 44.5 Å². The van der Waals surface area contributed by atoms with E-state index < -0.39 is 10.0 Å². The average Bonchev–Trinajstić information content (AvgIpc) is 2.91. The van der Waals surface area contributed by atoms with Crippen molar-refractivity contribution in [3.63, 3.8) is 0 Å². The molecule has 0 saturated carbocycles. The minimum Gasteiger partial charge on any atom is -0.327 e. The van der Waals surface area contributed by atoms with Crippen LogP contribution in [0, 0.1) is 13.8 Å². The van der Waals surface area contributed by atoms with E-state index >= 15 is 0 Å². The Labute approximate surface area is 149 Å². The summed E-state index contributed by atoms with van der Waals surface area (Å²) < 4.78 is 29.4. The van der Waals surface area contributed by atoms with E-state index in [0.29, 0.717) is 4.90 Å². The van der Waals surface area contributed by atoms with Crippen molar-refractivity contribution in [2.45, 2.75) is 38.8 Å². The Hall–Kier alpha value is -2.18. The van der Waals surface area contributed by atoms with Crippen molar-refractivity contribution < 1.29 is 8.42 Å². The molecule has 0 fully saturated rings. The van der Waals surface area contributed by atoms with E-state index in [1.54, 1.807) is 13.1 Å². The van der Waals surface area contributed by atoms with Crippen molar-refractivity contribution in [1.29, 1.82) is 0 Å². The first-order valence-electron chi connectivity index (χ1n) is 8.32. The molecule has 0 amide bonds. The topological polar surface area (TPSA) is 55.2 Å². The Morgan fingerprint density at radius 3 is 2.52 bits per heavy atom. The highest BCUT2D eigenvalue weighted by Gasteiger charge is 2.24. The fourth-order valence-electron chi connectivity index (χ4n) is 3.14. The fourth-order valence-corrected chi connectivity index (χ4v) is 4.47. The molecule has 3 aromatic rings. The standard InChI is InChI=1S/C19H23N3O2S/c1-5-22-17-9-7-6-8-16(17)20-19(22)13-21(4)25(23,24)18-11-10-14(2)12-15(18)3/h6-12H,5,13H2,1-4H3. The van der Waals surface area contributed by atoms with Gasteiger partial charge in [-0.15, -0.1) is 0 Å². The Kier molecular flexibility index (Phi) is 4.67. The Balaban J connectivity index is 1.98. The summed E-state index contributed by atoms with van der Waals surface area (Å²) in [6, 6.07) is 13.3. The molecule has 0 N–H and O–H groups in total. The number of benzene rings is 2. The van der Waals surface area contributed by atoms with Crippen LogP contribution in [-0.2, 0) is 23.1 Å². The van der Waals surface area contributed by atoms with Crippen LogP contribution in [-0.4, -0.2) is 29.3 Å². The third-order valence-corrected chi connectivity index (χ3v) is 6.40. The second kappa shape index (κ2) is 6.61. The molecule has 0 bridgehead atoms. The Morgan fingerprint density at radius 1 is 1.12 bits per heavy atom. The number of hydrogen-bond acceptors (Lipinski definition) is 3. The Morgan fingerprint density at radius 2 is 1.84 bits per heavy atom. The maximum atomic E-state index is 13.0. The number of imidazole rings is 1. The molecule has 0 radical (unpaired) electrons. The highest BCUT2D eigenvalue weighted by molar-refractivity contribution is 7.89. The van der Waals surface area contributed by atoms with E-state index in [-0.39, 0.29) is 6.54 Å². The molecule has 1 aromatic heterocycles. The number of fused-ring (bicyclic) bond motifs is 1. The number of sulfonamides is 1. The molecule has 0 aliphatic heterocycles. The van der Waals surface area contributed by atoms with Crippen molar-refractivity contribution in [3.8, 4) is 0 Å². The molecule has 5 nitrogen and oxygen atoms in total. The third kappa shape index (κ3) is 3.19. The van der Waals surface area contributed by atoms with Crippen LogP contribution in [0.1, 0.15) is 23.9 Å². The molecule has 0 aliphatic rings. The van der Waals surface area contributed by atoms with Crippen LogP contribution in [0.2, 0.25) is 0 Å². The average molecular weight is 357 g/mol. The highest BCUT2D eigenvalue weighted by Crippen LogP contribution is 2.23. The lowest BCUT2D eigenvalue weighted by Crippen LogP contribution is -2.28. The summed E-state index contributed by atoms with van der Waals surface area (Å²) in [4.78, 5) is 4.97. The van der Waals surface area contributed by atoms with Crippen LogP contribution >= 0.6 is 0 Å². The fraction of sp³-hybridized carbons (Fsp3) is 0.316. The van der Waals surface area contributed by atoms with Gasteiger partial charge in [0.1, 0.15) is 5.82 Å². The maximum absolute atomic E-state index is 13.0. The van der Waals surface area contributed by atoms with Crippen molar-refractivity contribution in [1.82, 2.24) is 13.9 Å². The molecule has 2 aromatic carbocycles. The van der Waals surface area contributed by atoms with E-state index in [1.807, 2.05) is 57.2 Å². The summed E-state index contributed by atoms with van der Waals surface area (Å²) in [6.07, 6.45) is 0. The predicted octanol–water partition coefficient (Wildman–Crippen LogP) is 3.49. The van der Waals surface area contributed by atoms with E-state index in [0.717, 1.165) is 34.5 Å². The maximum Gasteiger partial charge on any atom is 0.243 e. The van der Waals surface area contributed by atoms with Crippen LogP contribution < -0.4 is 0 Å². The lowest BCUT2D eigenvalue weighted by Gasteiger charge is -2.19. The van der Waals surface area contributed by atoms with Gasteiger partial charge >= 0.3 is 0 Å². The van der Waals surface area contributed by atoms with E-state index in [9.17, 15) is 8.42 Å². The molecule has 132 valence electrons. The van der Waals surface area contributed by atoms with Crippen molar-refractivity contribution in [2.75, 3.05) is 7.05 Å². The largest absolute Gasteiger partial charge is 0.327 e. The SMILES string of the molecule is CCn1c(CN(C)S(=O)(=O)c2ccc(C)cc2C)nc2ccccc21. The van der Waals surface area contributed by atoms with Gasteiger partial charge in [-0.3, -0.25) is 0 Å². The first-order valence-corrected chi connectivity index (χ1v) is 9.76. The number of aromatic nitrogens is 2. The van der Waals surface area contributed by atoms with Gasteiger partial charge in [0, 0.05) is 13.6 Å². The summed E-state index contributed by atoms with van der Waals surface area (Å²) in [5, 5.41) is 0. The van der Waals surface area contributed by atoms with Gasteiger partial charge in [-0.1, -0.05) is 29.8 Å². The monoisotopic (exact) mass is 357 g/mol. The molecule has 1 heterocycles. The van der Waals surface area contributed by atoms with Crippen LogP contribution in [0.4, 0.5) is 0 Å². The van der Waals surface area contributed by atoms with Crippen molar-refractivity contribution >= 4 is 21.1 Å². The summed E-state index contributed by atoms with van der Waals surface area (Å²) >= 11 is 0. The third-order valence-electron chi connectivity index (χ3n) is 4.43. The van der Waals surface area contributed by atoms with E-state index in [4.69, 9.17) is 0 Å². The van der Waals surface area contributed by atoms with E-state index in [2.05, 4.69) is 9.55 Å². The van der Waals surface area contributed by atoms with Gasteiger partial charge in [-0.2, -0.15) is 4.31 Å². The van der Waals surface area contributed by atoms with Crippen LogP contribution in [0.3, 0.4) is 0 Å². The molecule has 0 atom stereocenters. The van der Waals surface area contributed by atoms with E-state index in [1.165, 1.54) is 4.31 Å². The number of para-hydroxylation sites is 2. The molecular weight excluding hydrogens is 334 g/mol. The molecular formula is C19H23N3O2S. The van der Waals surface area contributed by atoms with Gasteiger partial charge in [0.15, 0.2) is 0 Å². The molecule has 6 heteroatoms. The number of rotatable bonds is 5. The van der Waals surface area contributed by atoms with Crippen LogP contribution in [0.25, 0.3) is 11.0 Å². The summed E-state index contributed by atoms with van der Waals surface area (Å²) in [5.74, 6) is 0.750. The summed E-state index contributed by atoms with van der Waals surface area (Å²) in [5.41, 5.74) is 3.72.